The summed E-state index contributed by atoms with van der Waals surface area (Å²) in [6.07, 6.45) is 1.77. The van der Waals surface area contributed by atoms with Crippen molar-refractivity contribution in [2.75, 3.05) is 30.3 Å². The van der Waals surface area contributed by atoms with Gasteiger partial charge in [-0.3, -0.25) is 9.10 Å². The normalized spacial score (nSPS) is 14.1. The smallest absolute Gasteiger partial charge is 0.241 e. The van der Waals surface area contributed by atoms with E-state index in [0.29, 0.717) is 36.8 Å². The van der Waals surface area contributed by atoms with E-state index in [0.717, 1.165) is 27.3 Å². The second-order valence-electron chi connectivity index (χ2n) is 7.49. The van der Waals surface area contributed by atoms with Gasteiger partial charge in [0, 0.05) is 6.07 Å². The minimum Gasteiger partial charge on any atom is -0.486 e. The van der Waals surface area contributed by atoms with E-state index in [1.54, 1.807) is 18.2 Å². The Morgan fingerprint density at radius 1 is 1.10 bits per heavy atom. The first-order chi connectivity index (χ1) is 14.2. The molecule has 0 unspecified atom stereocenters. The summed E-state index contributed by atoms with van der Waals surface area (Å²) in [5.41, 5.74) is 3.63. The van der Waals surface area contributed by atoms with Gasteiger partial charge in [-0.25, -0.2) is 8.42 Å². The molecule has 0 fully saturated rings. The number of nitrogens with one attached hydrogen (secondary N) is 1. The molecule has 2 aromatic rings. The first-order valence-corrected chi connectivity index (χ1v) is 11.8. The van der Waals surface area contributed by atoms with E-state index in [9.17, 15) is 13.2 Å². The third-order valence-corrected chi connectivity index (χ3v) is 6.19. The molecule has 162 valence electrons. The van der Waals surface area contributed by atoms with Gasteiger partial charge < -0.3 is 14.8 Å². The van der Waals surface area contributed by atoms with Gasteiger partial charge in [-0.1, -0.05) is 30.7 Å². The van der Waals surface area contributed by atoms with E-state index >= 15 is 0 Å². The third kappa shape index (κ3) is 5.05. The number of fused-ring (bicyclic) bond motifs is 1. The van der Waals surface area contributed by atoms with E-state index in [4.69, 9.17) is 9.47 Å². The summed E-state index contributed by atoms with van der Waals surface area (Å²) in [6, 6.07) is 10.8. The third-order valence-electron chi connectivity index (χ3n) is 5.05. The van der Waals surface area contributed by atoms with Crippen molar-refractivity contribution in [3.63, 3.8) is 0 Å². The van der Waals surface area contributed by atoms with Crippen LogP contribution >= 0.6 is 0 Å². The monoisotopic (exact) mass is 432 g/mol. The zero-order valence-electron chi connectivity index (χ0n) is 17.8. The lowest BCUT2D eigenvalue weighted by Gasteiger charge is -2.26. The van der Waals surface area contributed by atoms with Gasteiger partial charge in [0.15, 0.2) is 11.5 Å². The van der Waals surface area contributed by atoms with E-state index in [-0.39, 0.29) is 18.5 Å². The van der Waals surface area contributed by atoms with Crippen LogP contribution in [0.25, 0.3) is 0 Å². The maximum absolute atomic E-state index is 12.8. The minimum absolute atomic E-state index is 0.195. The molecule has 0 saturated carbocycles. The number of nitrogens with zero attached hydrogens (tertiary/aromatic N) is 1. The Bertz CT molecular complexity index is 1040. The van der Waals surface area contributed by atoms with E-state index in [2.05, 4.69) is 11.4 Å². The molecule has 3 rings (SSSR count). The Morgan fingerprint density at radius 2 is 1.80 bits per heavy atom. The molecule has 8 heteroatoms. The molecule has 2 aromatic carbocycles. The van der Waals surface area contributed by atoms with Gasteiger partial charge in [-0.05, 0) is 43.5 Å². The van der Waals surface area contributed by atoms with Crippen molar-refractivity contribution in [2.45, 2.75) is 33.2 Å². The predicted molar refractivity (Wildman–Crippen MR) is 117 cm³/mol. The first kappa shape index (κ1) is 22.0. The molecular weight excluding hydrogens is 404 g/mol. The van der Waals surface area contributed by atoms with Crippen molar-refractivity contribution in [1.29, 1.82) is 0 Å². The molecule has 1 amide bonds. The number of anilines is 1. The SMILES string of the molecule is CC[C@@H](NC(=O)CN(c1ccc2c(c1)OCCO2)S(C)(=O)=O)c1ccc(C)cc1C. The molecule has 0 bridgehead atoms. The van der Waals surface area contributed by atoms with Gasteiger partial charge in [-0.2, -0.15) is 0 Å². The van der Waals surface area contributed by atoms with Crippen LogP contribution in [0.1, 0.15) is 36.1 Å². The van der Waals surface area contributed by atoms with Crippen molar-refractivity contribution in [1.82, 2.24) is 5.32 Å². The number of benzene rings is 2. The fourth-order valence-corrected chi connectivity index (χ4v) is 4.42. The molecule has 7 nitrogen and oxygen atoms in total. The summed E-state index contributed by atoms with van der Waals surface area (Å²) in [7, 11) is -3.68. The standard InChI is InChI=1S/C22H28N2O5S/c1-5-19(18-8-6-15(2)12-16(18)3)23-22(25)14-24(30(4,26)27)17-7-9-20-21(13-17)29-11-10-28-20/h6-9,12-13,19H,5,10-11,14H2,1-4H3,(H,23,25)/t19-/m1/s1. The molecule has 30 heavy (non-hydrogen) atoms. The number of carbonyl (C=O) groups is 1. The summed E-state index contributed by atoms with van der Waals surface area (Å²) in [5.74, 6) is 0.653. The summed E-state index contributed by atoms with van der Waals surface area (Å²) in [6.45, 7) is 6.54. The van der Waals surface area contributed by atoms with Crippen molar-refractivity contribution in [2.24, 2.45) is 0 Å². The van der Waals surface area contributed by atoms with Crippen molar-refractivity contribution in [3.05, 3.63) is 53.1 Å². The molecule has 1 heterocycles. The summed E-state index contributed by atoms with van der Waals surface area (Å²) in [4.78, 5) is 12.8. The van der Waals surface area contributed by atoms with Crippen LogP contribution in [0.15, 0.2) is 36.4 Å². The molecule has 1 aliphatic heterocycles. The maximum atomic E-state index is 12.8. The zero-order valence-corrected chi connectivity index (χ0v) is 18.6. The van der Waals surface area contributed by atoms with Crippen molar-refractivity contribution < 1.29 is 22.7 Å². The molecule has 0 saturated heterocycles. The van der Waals surface area contributed by atoms with Crippen LogP contribution in [0, 0.1) is 13.8 Å². The van der Waals surface area contributed by atoms with Crippen molar-refractivity contribution in [3.8, 4) is 11.5 Å². The molecular formula is C22H28N2O5S. The van der Waals surface area contributed by atoms with Gasteiger partial charge in [0.05, 0.1) is 18.0 Å². The molecule has 1 aliphatic rings. The van der Waals surface area contributed by atoms with Crippen molar-refractivity contribution >= 4 is 21.6 Å². The predicted octanol–water partition coefficient (Wildman–Crippen LogP) is 3.11. The topological polar surface area (TPSA) is 84.9 Å². The first-order valence-electron chi connectivity index (χ1n) is 9.93. The quantitative estimate of drug-likeness (QED) is 0.727. The van der Waals surface area contributed by atoms with Crippen LogP contribution in [0.5, 0.6) is 11.5 Å². The van der Waals surface area contributed by atoms with Crippen LogP contribution in [-0.4, -0.2) is 40.3 Å². The highest BCUT2D eigenvalue weighted by Crippen LogP contribution is 2.34. The van der Waals surface area contributed by atoms with Crippen LogP contribution in [0.4, 0.5) is 5.69 Å². The Balaban J connectivity index is 1.80. The van der Waals surface area contributed by atoms with Crippen LogP contribution in [0.3, 0.4) is 0 Å². The molecule has 1 N–H and O–H groups in total. The number of amides is 1. The second kappa shape index (κ2) is 8.95. The fraction of sp³-hybridized carbons (Fsp3) is 0.409. The van der Waals surface area contributed by atoms with Gasteiger partial charge in [0.1, 0.15) is 19.8 Å². The number of hydrogen-bond acceptors (Lipinski definition) is 5. The Morgan fingerprint density at radius 3 is 2.43 bits per heavy atom. The van der Waals surface area contributed by atoms with Gasteiger partial charge in [0.2, 0.25) is 15.9 Å². The number of hydrogen-bond donors (Lipinski definition) is 1. The molecule has 0 aliphatic carbocycles. The fourth-order valence-electron chi connectivity index (χ4n) is 3.57. The zero-order chi connectivity index (χ0) is 21.9. The van der Waals surface area contributed by atoms with Crippen LogP contribution < -0.4 is 19.1 Å². The lowest BCUT2D eigenvalue weighted by Crippen LogP contribution is -2.41. The van der Waals surface area contributed by atoms with Gasteiger partial charge in [-0.15, -0.1) is 0 Å². The Kier molecular flexibility index (Phi) is 6.55. The van der Waals surface area contributed by atoms with Gasteiger partial charge >= 0.3 is 0 Å². The second-order valence-corrected chi connectivity index (χ2v) is 9.39. The average molecular weight is 433 g/mol. The number of aryl methyl sites for hydroxylation is 2. The lowest BCUT2D eigenvalue weighted by atomic mass is 9.97. The Labute approximate surface area is 178 Å². The summed E-state index contributed by atoms with van der Waals surface area (Å²) >= 11 is 0. The maximum Gasteiger partial charge on any atom is 0.241 e. The molecule has 0 aromatic heterocycles. The average Bonchev–Trinajstić information content (AvgIpc) is 2.69. The number of sulfonamides is 1. The van der Waals surface area contributed by atoms with E-state index in [1.165, 1.54) is 0 Å². The minimum atomic E-state index is -3.68. The largest absolute Gasteiger partial charge is 0.486 e. The lowest BCUT2D eigenvalue weighted by molar-refractivity contribution is -0.120. The van der Waals surface area contributed by atoms with Gasteiger partial charge in [0.25, 0.3) is 0 Å². The summed E-state index contributed by atoms with van der Waals surface area (Å²) < 4.78 is 37.0. The van der Waals surface area contributed by atoms with Crippen LogP contribution in [0.2, 0.25) is 0 Å². The summed E-state index contributed by atoms with van der Waals surface area (Å²) in [5, 5.41) is 2.98. The Hall–Kier alpha value is -2.74. The molecule has 0 radical (unpaired) electrons. The number of carbonyl (C=O) groups excluding carboxylic acids is 1. The highest BCUT2D eigenvalue weighted by molar-refractivity contribution is 7.92. The number of rotatable bonds is 7. The number of ether oxygens (including phenoxy) is 2. The van der Waals surface area contributed by atoms with E-state index in [1.807, 2.05) is 32.9 Å². The molecule has 0 spiro atoms. The van der Waals surface area contributed by atoms with Crippen LogP contribution in [-0.2, 0) is 14.8 Å². The van der Waals surface area contributed by atoms with E-state index < -0.39 is 10.0 Å². The highest BCUT2D eigenvalue weighted by atomic mass is 32.2. The molecule has 1 atom stereocenters. The highest BCUT2D eigenvalue weighted by Gasteiger charge is 2.25.